The molecule has 30 heavy (non-hydrogen) atoms. The number of benzene rings is 2. The van der Waals surface area contributed by atoms with Crippen molar-refractivity contribution in [1.29, 1.82) is 0 Å². The molecule has 3 N–H and O–H groups in total. The number of hydrogen-bond acceptors (Lipinski definition) is 4. The maximum absolute atomic E-state index is 12.2. The number of guanidine groups is 1. The van der Waals surface area contributed by atoms with Gasteiger partial charge in [0.05, 0.1) is 11.5 Å². The number of aliphatic imine (C=N–C) groups is 1. The van der Waals surface area contributed by atoms with Crippen molar-refractivity contribution in [2.45, 2.75) is 18.6 Å². The van der Waals surface area contributed by atoms with Crippen molar-refractivity contribution < 1.29 is 13.2 Å². The van der Waals surface area contributed by atoms with Crippen LogP contribution in [0.4, 0.5) is 0 Å². The number of nitrogens with one attached hydrogen (secondary N) is 3. The van der Waals surface area contributed by atoms with Crippen LogP contribution in [-0.2, 0) is 22.0 Å². The zero-order valence-corrected chi connectivity index (χ0v) is 18.3. The molecule has 0 radical (unpaired) electrons. The van der Waals surface area contributed by atoms with Crippen molar-refractivity contribution in [3.05, 3.63) is 71.3 Å². The molecule has 2 rings (SSSR count). The average Bonchev–Trinajstić information content (AvgIpc) is 2.75. The van der Waals surface area contributed by atoms with Gasteiger partial charge in [-0.05, 0) is 36.1 Å². The van der Waals surface area contributed by atoms with Crippen LogP contribution >= 0.6 is 0 Å². The molecular formula is C22H30N4O3S. The van der Waals surface area contributed by atoms with Crippen LogP contribution in [0.25, 0.3) is 0 Å². The fourth-order valence-electron chi connectivity index (χ4n) is 2.96. The van der Waals surface area contributed by atoms with Crippen LogP contribution in [0.2, 0.25) is 0 Å². The number of hydrogen-bond donors (Lipinski definition) is 3. The van der Waals surface area contributed by atoms with Gasteiger partial charge in [0.25, 0.3) is 5.91 Å². The molecule has 2 aromatic rings. The number of carbonyl (C=O) groups excluding carboxylic acids is 1. The fraction of sp³-hybridized carbons (Fsp3) is 0.364. The minimum atomic E-state index is -3.14. The molecule has 0 saturated heterocycles. The summed E-state index contributed by atoms with van der Waals surface area (Å²) in [4.78, 5) is 15.9. The number of carbonyl (C=O) groups is 1. The summed E-state index contributed by atoms with van der Waals surface area (Å²) >= 11 is 0. The van der Waals surface area contributed by atoms with Gasteiger partial charge in [-0.2, -0.15) is 0 Å². The number of rotatable bonds is 10. The molecule has 162 valence electrons. The maximum Gasteiger partial charge on any atom is 0.251 e. The van der Waals surface area contributed by atoms with Gasteiger partial charge in [-0.25, -0.2) is 8.42 Å². The third-order valence-corrected chi connectivity index (χ3v) is 6.18. The van der Waals surface area contributed by atoms with Gasteiger partial charge in [-0.3, -0.25) is 9.79 Å². The molecule has 0 heterocycles. The van der Waals surface area contributed by atoms with Crippen LogP contribution in [0, 0.1) is 0 Å². The van der Waals surface area contributed by atoms with Crippen LogP contribution in [0.1, 0.15) is 27.9 Å². The first-order valence-corrected chi connectivity index (χ1v) is 11.8. The lowest BCUT2D eigenvalue weighted by Crippen LogP contribution is -2.39. The highest BCUT2D eigenvalue weighted by atomic mass is 32.2. The van der Waals surface area contributed by atoms with Gasteiger partial charge in [0.15, 0.2) is 15.8 Å². The van der Waals surface area contributed by atoms with E-state index in [0.717, 1.165) is 17.5 Å². The minimum Gasteiger partial charge on any atom is -0.356 e. The van der Waals surface area contributed by atoms with Crippen molar-refractivity contribution in [2.75, 3.05) is 32.9 Å². The summed E-state index contributed by atoms with van der Waals surface area (Å²) in [5.41, 5.74) is 2.49. The summed E-state index contributed by atoms with van der Waals surface area (Å²) in [6.45, 7) is 1.16. The van der Waals surface area contributed by atoms with E-state index in [1.807, 2.05) is 48.5 Å². The molecule has 0 unspecified atom stereocenters. The van der Waals surface area contributed by atoms with E-state index >= 15 is 0 Å². The standard InChI is InChI=1S/C22H30N4O3S/c1-23-21(27)20-11-6-10-18(16-20)12-14-26-22(24-2)25-13-7-15-30(28,29)17-19-8-4-3-5-9-19/h3-6,8-11,16H,7,12-15,17H2,1-2H3,(H,23,27)(H2,24,25,26). The van der Waals surface area contributed by atoms with Crippen molar-refractivity contribution in [3.8, 4) is 0 Å². The zero-order valence-electron chi connectivity index (χ0n) is 17.5. The second-order valence-corrected chi connectivity index (χ2v) is 9.07. The largest absolute Gasteiger partial charge is 0.356 e. The molecule has 1 amide bonds. The molecule has 0 aliphatic carbocycles. The monoisotopic (exact) mass is 430 g/mol. The number of nitrogens with zero attached hydrogens (tertiary/aromatic N) is 1. The zero-order chi connectivity index (χ0) is 21.8. The first-order valence-electron chi connectivity index (χ1n) is 9.93. The molecule has 0 atom stereocenters. The predicted octanol–water partition coefficient (Wildman–Crippen LogP) is 1.76. The van der Waals surface area contributed by atoms with Crippen LogP contribution in [-0.4, -0.2) is 53.2 Å². The van der Waals surface area contributed by atoms with E-state index in [1.54, 1.807) is 20.2 Å². The van der Waals surface area contributed by atoms with Gasteiger partial charge in [-0.15, -0.1) is 0 Å². The second-order valence-electron chi connectivity index (χ2n) is 6.89. The number of sulfone groups is 1. The highest BCUT2D eigenvalue weighted by molar-refractivity contribution is 7.90. The van der Waals surface area contributed by atoms with E-state index in [1.165, 1.54) is 0 Å². The third-order valence-electron chi connectivity index (χ3n) is 4.50. The second kappa shape index (κ2) is 12.0. The molecule has 7 nitrogen and oxygen atoms in total. The van der Waals surface area contributed by atoms with Gasteiger partial charge in [-0.1, -0.05) is 42.5 Å². The maximum atomic E-state index is 12.2. The highest BCUT2D eigenvalue weighted by Crippen LogP contribution is 2.07. The molecule has 0 aromatic heterocycles. The van der Waals surface area contributed by atoms with Crippen molar-refractivity contribution in [1.82, 2.24) is 16.0 Å². The Morgan fingerprint density at radius 1 is 0.967 bits per heavy atom. The van der Waals surface area contributed by atoms with E-state index in [0.29, 0.717) is 31.0 Å². The first-order chi connectivity index (χ1) is 14.4. The summed E-state index contributed by atoms with van der Waals surface area (Å²) in [6, 6.07) is 16.7. The Labute approximate surface area is 178 Å². The minimum absolute atomic E-state index is 0.0654. The van der Waals surface area contributed by atoms with Gasteiger partial charge in [0.1, 0.15) is 0 Å². The first kappa shape index (κ1) is 23.4. The van der Waals surface area contributed by atoms with Crippen molar-refractivity contribution in [3.63, 3.8) is 0 Å². The lowest BCUT2D eigenvalue weighted by molar-refractivity contribution is 0.0963. The fourth-order valence-corrected chi connectivity index (χ4v) is 4.39. The van der Waals surface area contributed by atoms with E-state index in [2.05, 4.69) is 20.9 Å². The lowest BCUT2D eigenvalue weighted by Gasteiger charge is -2.12. The molecule has 2 aromatic carbocycles. The molecule has 0 bridgehead atoms. The summed E-state index contributed by atoms with van der Waals surface area (Å²) in [5, 5.41) is 8.97. The van der Waals surface area contributed by atoms with E-state index in [-0.39, 0.29) is 17.4 Å². The molecule has 0 fully saturated rings. The van der Waals surface area contributed by atoms with Crippen LogP contribution in [0.15, 0.2) is 59.6 Å². The van der Waals surface area contributed by atoms with Gasteiger partial charge >= 0.3 is 0 Å². The highest BCUT2D eigenvalue weighted by Gasteiger charge is 2.11. The summed E-state index contributed by atoms with van der Waals surface area (Å²) in [5.74, 6) is 0.705. The summed E-state index contributed by atoms with van der Waals surface area (Å²) < 4.78 is 24.5. The van der Waals surface area contributed by atoms with Gasteiger partial charge < -0.3 is 16.0 Å². The Hall–Kier alpha value is -2.87. The van der Waals surface area contributed by atoms with Crippen molar-refractivity contribution in [2.24, 2.45) is 4.99 Å². The molecule has 0 aliphatic rings. The summed E-state index contributed by atoms with van der Waals surface area (Å²) in [7, 11) is 0.146. The molecular weight excluding hydrogens is 400 g/mol. The normalized spacial score (nSPS) is 11.7. The lowest BCUT2D eigenvalue weighted by atomic mass is 10.1. The SMILES string of the molecule is CN=C(NCCCS(=O)(=O)Cc1ccccc1)NCCc1cccc(C(=O)NC)c1. The number of amides is 1. The van der Waals surface area contributed by atoms with Crippen LogP contribution in [0.5, 0.6) is 0 Å². The molecule has 0 saturated carbocycles. The van der Waals surface area contributed by atoms with Crippen LogP contribution < -0.4 is 16.0 Å². The average molecular weight is 431 g/mol. The quantitative estimate of drug-likeness (QED) is 0.303. The van der Waals surface area contributed by atoms with Crippen LogP contribution in [0.3, 0.4) is 0 Å². The third kappa shape index (κ3) is 8.24. The molecule has 0 spiro atoms. The Morgan fingerprint density at radius 2 is 1.67 bits per heavy atom. The summed E-state index contributed by atoms with van der Waals surface area (Å²) in [6.07, 6.45) is 1.24. The Morgan fingerprint density at radius 3 is 2.37 bits per heavy atom. The van der Waals surface area contributed by atoms with E-state index in [9.17, 15) is 13.2 Å². The van der Waals surface area contributed by atoms with E-state index in [4.69, 9.17) is 0 Å². The van der Waals surface area contributed by atoms with E-state index < -0.39 is 9.84 Å². The molecule has 0 aliphatic heterocycles. The Kier molecular flexibility index (Phi) is 9.34. The van der Waals surface area contributed by atoms with Crippen molar-refractivity contribution >= 4 is 21.7 Å². The van der Waals surface area contributed by atoms with Gasteiger partial charge in [0.2, 0.25) is 0 Å². The smallest absolute Gasteiger partial charge is 0.251 e. The Bertz CT molecular complexity index is 944. The van der Waals surface area contributed by atoms with Gasteiger partial charge in [0, 0.05) is 32.7 Å². The topological polar surface area (TPSA) is 99.7 Å². The molecule has 8 heteroatoms. The Balaban J connectivity index is 1.70. The predicted molar refractivity (Wildman–Crippen MR) is 121 cm³/mol.